The molecule has 0 N–H and O–H groups in total. The third kappa shape index (κ3) is 5.03. The monoisotopic (exact) mass is 491 g/mol. The molecule has 0 spiro atoms. The van der Waals surface area contributed by atoms with Crippen molar-refractivity contribution in [2.75, 3.05) is 26.2 Å². The van der Waals surface area contributed by atoms with E-state index in [1.165, 1.54) is 22.5 Å². The van der Waals surface area contributed by atoms with Crippen LogP contribution in [-0.2, 0) is 15.8 Å². The Hall–Kier alpha value is -2.27. The number of hydrogen-bond acceptors (Lipinski definition) is 6. The van der Waals surface area contributed by atoms with Crippen molar-refractivity contribution in [2.24, 2.45) is 0 Å². The number of hydrogen-bond donors (Lipinski definition) is 0. The molecule has 1 aliphatic rings. The van der Waals surface area contributed by atoms with Gasteiger partial charge >= 0.3 is 0 Å². The number of aryl methyl sites for hydroxylation is 1. The number of nitrogens with zero attached hydrogens (tertiary/aromatic N) is 3. The van der Waals surface area contributed by atoms with Crippen LogP contribution in [0, 0.1) is 12.7 Å². The Kier molecular flexibility index (Phi) is 6.94. The Balaban J connectivity index is 1.34. The average Bonchev–Trinajstić information content (AvgIpc) is 3.23. The van der Waals surface area contributed by atoms with E-state index in [4.69, 9.17) is 0 Å². The van der Waals surface area contributed by atoms with Crippen molar-refractivity contribution >= 4 is 39.0 Å². The molecule has 168 valence electrons. The molecule has 1 aromatic heterocycles. The lowest BCUT2D eigenvalue weighted by atomic mass is 10.2. The van der Waals surface area contributed by atoms with Crippen molar-refractivity contribution in [3.8, 4) is 0 Å². The zero-order valence-electron chi connectivity index (χ0n) is 17.4. The lowest BCUT2D eigenvalue weighted by molar-refractivity contribution is 0.0697. The number of benzene rings is 2. The van der Waals surface area contributed by atoms with E-state index < -0.39 is 15.8 Å². The van der Waals surface area contributed by atoms with E-state index in [1.807, 2.05) is 24.4 Å². The Morgan fingerprint density at radius 2 is 1.78 bits per heavy atom. The van der Waals surface area contributed by atoms with Crippen LogP contribution in [0.5, 0.6) is 0 Å². The van der Waals surface area contributed by atoms with E-state index in [-0.39, 0.29) is 37.0 Å². The van der Waals surface area contributed by atoms with Gasteiger partial charge in [-0.1, -0.05) is 12.1 Å². The highest BCUT2D eigenvalue weighted by atomic mass is 32.2. The van der Waals surface area contributed by atoms with Crippen molar-refractivity contribution < 1.29 is 17.6 Å². The number of sulfonamides is 1. The molecular weight excluding hydrogens is 469 g/mol. The quantitative estimate of drug-likeness (QED) is 0.487. The lowest BCUT2D eigenvalue weighted by Crippen LogP contribution is -2.50. The predicted molar refractivity (Wildman–Crippen MR) is 124 cm³/mol. The molecule has 1 fully saturated rings. The molecule has 3 aromatic rings. The fourth-order valence-electron chi connectivity index (χ4n) is 3.43. The highest BCUT2D eigenvalue weighted by Crippen LogP contribution is 2.25. The summed E-state index contributed by atoms with van der Waals surface area (Å²) in [5, 5.41) is 3.09. The molecule has 2 aromatic carbocycles. The number of carbonyl (C=O) groups is 1. The van der Waals surface area contributed by atoms with Gasteiger partial charge in [-0.2, -0.15) is 4.31 Å². The SMILES string of the molecule is Cc1nc(CSc2ccc(C(=O)N3CCN(S(=O)(=O)c4ccccc4F)CC3)cc2)cs1. The summed E-state index contributed by atoms with van der Waals surface area (Å²) in [7, 11) is -3.93. The summed E-state index contributed by atoms with van der Waals surface area (Å²) < 4.78 is 40.7. The number of carbonyl (C=O) groups excluding carboxylic acids is 1. The molecule has 0 aliphatic carbocycles. The number of amides is 1. The molecule has 0 radical (unpaired) electrons. The minimum absolute atomic E-state index is 0.128. The second kappa shape index (κ2) is 9.70. The van der Waals surface area contributed by atoms with Gasteiger partial charge in [-0.3, -0.25) is 4.79 Å². The van der Waals surface area contributed by atoms with Crippen LogP contribution >= 0.6 is 23.1 Å². The predicted octanol–water partition coefficient (Wildman–Crippen LogP) is 4.03. The van der Waals surface area contributed by atoms with Crippen molar-refractivity contribution in [3.63, 3.8) is 0 Å². The molecule has 6 nitrogen and oxygen atoms in total. The molecule has 2 heterocycles. The lowest BCUT2D eigenvalue weighted by Gasteiger charge is -2.34. The number of rotatable bonds is 6. The molecule has 1 saturated heterocycles. The summed E-state index contributed by atoms with van der Waals surface area (Å²) in [6, 6.07) is 12.7. The Morgan fingerprint density at radius 3 is 2.41 bits per heavy atom. The van der Waals surface area contributed by atoms with Crippen molar-refractivity contribution in [1.29, 1.82) is 0 Å². The number of piperazine rings is 1. The number of thioether (sulfide) groups is 1. The molecule has 0 bridgehead atoms. The van der Waals surface area contributed by atoms with Gasteiger partial charge in [-0.25, -0.2) is 17.8 Å². The average molecular weight is 492 g/mol. The van der Waals surface area contributed by atoms with Gasteiger partial charge in [0.1, 0.15) is 10.7 Å². The van der Waals surface area contributed by atoms with Gasteiger partial charge in [0, 0.05) is 47.8 Å². The molecule has 0 atom stereocenters. The van der Waals surface area contributed by atoms with Crippen LogP contribution in [0.1, 0.15) is 21.1 Å². The van der Waals surface area contributed by atoms with Gasteiger partial charge in [0.25, 0.3) is 5.91 Å². The molecule has 1 aliphatic heterocycles. The fraction of sp³-hybridized carbons (Fsp3) is 0.273. The maximum Gasteiger partial charge on any atom is 0.253 e. The van der Waals surface area contributed by atoms with Gasteiger partial charge < -0.3 is 4.90 Å². The largest absolute Gasteiger partial charge is 0.336 e. The molecule has 10 heteroatoms. The molecule has 32 heavy (non-hydrogen) atoms. The third-order valence-corrected chi connectivity index (χ3v) is 8.93. The van der Waals surface area contributed by atoms with E-state index in [0.29, 0.717) is 5.56 Å². The summed E-state index contributed by atoms with van der Waals surface area (Å²) >= 11 is 3.29. The summed E-state index contributed by atoms with van der Waals surface area (Å²) in [6.07, 6.45) is 0. The highest BCUT2D eigenvalue weighted by Gasteiger charge is 2.32. The topological polar surface area (TPSA) is 70.6 Å². The van der Waals surface area contributed by atoms with Crippen molar-refractivity contribution in [1.82, 2.24) is 14.2 Å². The summed E-state index contributed by atoms with van der Waals surface area (Å²) in [4.78, 5) is 19.7. The fourth-order valence-corrected chi connectivity index (χ4v) is 6.43. The van der Waals surface area contributed by atoms with Crippen LogP contribution in [0.15, 0.2) is 63.7 Å². The first-order chi connectivity index (χ1) is 15.3. The Morgan fingerprint density at radius 1 is 1.09 bits per heavy atom. The number of aromatic nitrogens is 1. The maximum atomic E-state index is 14.0. The number of halogens is 1. The van der Waals surface area contributed by atoms with Gasteiger partial charge in [0.15, 0.2) is 0 Å². The van der Waals surface area contributed by atoms with Crippen LogP contribution in [0.4, 0.5) is 4.39 Å². The van der Waals surface area contributed by atoms with Crippen LogP contribution in [0.25, 0.3) is 0 Å². The first-order valence-corrected chi connectivity index (χ1v) is 13.3. The molecule has 0 unspecified atom stereocenters. The minimum Gasteiger partial charge on any atom is -0.336 e. The molecule has 1 amide bonds. The Bertz CT molecular complexity index is 1200. The van der Waals surface area contributed by atoms with Gasteiger partial charge in [-0.15, -0.1) is 23.1 Å². The summed E-state index contributed by atoms with van der Waals surface area (Å²) in [6.45, 7) is 2.75. The Labute approximate surface area is 195 Å². The van der Waals surface area contributed by atoms with Crippen molar-refractivity contribution in [3.05, 3.63) is 76.0 Å². The second-order valence-electron chi connectivity index (χ2n) is 7.30. The van der Waals surface area contributed by atoms with Crippen LogP contribution in [-0.4, -0.2) is 54.7 Å². The van der Waals surface area contributed by atoms with Crippen LogP contribution < -0.4 is 0 Å². The van der Waals surface area contributed by atoms with Crippen LogP contribution in [0.3, 0.4) is 0 Å². The molecular formula is C22H22FN3O3S3. The zero-order valence-corrected chi connectivity index (χ0v) is 19.9. The normalized spacial score (nSPS) is 15.1. The second-order valence-corrected chi connectivity index (χ2v) is 11.3. The van der Waals surface area contributed by atoms with E-state index in [0.717, 1.165) is 27.4 Å². The minimum atomic E-state index is -3.93. The third-order valence-electron chi connectivity index (χ3n) is 5.13. The van der Waals surface area contributed by atoms with Crippen LogP contribution in [0.2, 0.25) is 0 Å². The molecule has 4 rings (SSSR count). The standard InChI is InChI=1S/C22H22FN3O3S3/c1-16-24-18(14-30-16)15-31-19-8-6-17(7-9-19)22(27)25-10-12-26(13-11-25)32(28,29)21-5-3-2-4-20(21)23/h2-9,14H,10-13,15H2,1H3. The smallest absolute Gasteiger partial charge is 0.253 e. The highest BCUT2D eigenvalue weighted by molar-refractivity contribution is 7.98. The van der Waals surface area contributed by atoms with E-state index >= 15 is 0 Å². The summed E-state index contributed by atoms with van der Waals surface area (Å²) in [5.41, 5.74) is 1.60. The first kappa shape index (κ1) is 22.9. The van der Waals surface area contributed by atoms with E-state index in [1.54, 1.807) is 40.1 Å². The zero-order chi connectivity index (χ0) is 22.7. The number of thiazole rings is 1. The van der Waals surface area contributed by atoms with E-state index in [9.17, 15) is 17.6 Å². The first-order valence-electron chi connectivity index (χ1n) is 10.0. The molecule has 0 saturated carbocycles. The van der Waals surface area contributed by atoms with Gasteiger partial charge in [0.05, 0.1) is 10.7 Å². The van der Waals surface area contributed by atoms with Gasteiger partial charge in [-0.05, 0) is 43.3 Å². The maximum absolute atomic E-state index is 14.0. The van der Waals surface area contributed by atoms with E-state index in [2.05, 4.69) is 4.98 Å². The van der Waals surface area contributed by atoms with Gasteiger partial charge in [0.2, 0.25) is 10.0 Å². The summed E-state index contributed by atoms with van der Waals surface area (Å²) in [5.74, 6) is -0.135. The van der Waals surface area contributed by atoms with Crippen molar-refractivity contribution in [2.45, 2.75) is 22.5 Å².